The van der Waals surface area contributed by atoms with Gasteiger partial charge in [-0.2, -0.15) is 0 Å². The third-order valence-corrected chi connectivity index (χ3v) is 7.47. The summed E-state index contributed by atoms with van der Waals surface area (Å²) in [5.74, 6) is -0.154. The Morgan fingerprint density at radius 1 is 0.943 bits per heavy atom. The second kappa shape index (κ2) is 9.84. The maximum atomic E-state index is 13.7. The average Bonchev–Trinajstić information content (AvgIpc) is 3.39. The summed E-state index contributed by atoms with van der Waals surface area (Å²) in [5.41, 5.74) is 3.90. The highest BCUT2D eigenvalue weighted by Gasteiger charge is 2.59. The number of rotatable bonds is 7. The Kier molecular flexibility index (Phi) is 7.02. The van der Waals surface area contributed by atoms with Crippen molar-refractivity contribution in [3.8, 4) is 0 Å². The fourth-order valence-corrected chi connectivity index (χ4v) is 5.53. The summed E-state index contributed by atoms with van der Waals surface area (Å²) >= 11 is 0. The number of imide groups is 1. The topological polar surface area (TPSA) is 69.7 Å². The van der Waals surface area contributed by atoms with E-state index < -0.39 is 11.6 Å². The van der Waals surface area contributed by atoms with Gasteiger partial charge in [0.1, 0.15) is 12.1 Å². The number of nitrogens with one attached hydrogen (secondary N) is 1. The van der Waals surface area contributed by atoms with Crippen LogP contribution < -0.4 is 10.2 Å². The van der Waals surface area contributed by atoms with Gasteiger partial charge in [-0.25, -0.2) is 4.79 Å². The predicted octanol–water partition coefficient (Wildman–Crippen LogP) is 6.22. The molecule has 2 aliphatic rings. The Morgan fingerprint density at radius 2 is 1.51 bits per heavy atom. The van der Waals surface area contributed by atoms with Crippen LogP contribution in [0.25, 0.3) is 0 Å². The van der Waals surface area contributed by atoms with E-state index in [1.54, 1.807) is 4.90 Å². The van der Waals surface area contributed by atoms with Crippen molar-refractivity contribution in [3.05, 3.63) is 59.2 Å². The molecule has 6 heteroatoms. The van der Waals surface area contributed by atoms with Crippen LogP contribution in [0.3, 0.4) is 0 Å². The van der Waals surface area contributed by atoms with Crippen molar-refractivity contribution < 1.29 is 14.4 Å². The van der Waals surface area contributed by atoms with Gasteiger partial charge in [-0.05, 0) is 59.9 Å². The predicted molar refractivity (Wildman–Crippen MR) is 140 cm³/mol. The molecule has 1 spiro atoms. The SMILES string of the molecule is CCc1ccc(N2C(=O)N(CC(=O)Nc3c(C(C)C)cccc3C(C)C)C(=O)C23CCCC3)cc1. The quantitative estimate of drug-likeness (QED) is 0.484. The van der Waals surface area contributed by atoms with Crippen LogP contribution in [0.2, 0.25) is 0 Å². The Labute approximate surface area is 208 Å². The van der Waals surface area contributed by atoms with E-state index in [9.17, 15) is 14.4 Å². The second-order valence-corrected chi connectivity index (χ2v) is 10.4. The summed E-state index contributed by atoms with van der Waals surface area (Å²) in [6, 6.07) is 13.5. The minimum Gasteiger partial charge on any atom is -0.324 e. The molecule has 35 heavy (non-hydrogen) atoms. The minimum atomic E-state index is -0.885. The first-order valence-corrected chi connectivity index (χ1v) is 12.9. The highest BCUT2D eigenvalue weighted by Crippen LogP contribution is 2.44. The molecule has 4 amide bonds. The molecule has 0 radical (unpaired) electrons. The Morgan fingerprint density at radius 3 is 2.03 bits per heavy atom. The number of hydrogen-bond acceptors (Lipinski definition) is 3. The number of aryl methyl sites for hydroxylation is 1. The van der Waals surface area contributed by atoms with Gasteiger partial charge in [0.25, 0.3) is 5.91 Å². The number of carbonyl (C=O) groups excluding carboxylic acids is 3. The number of amides is 4. The van der Waals surface area contributed by atoms with Crippen molar-refractivity contribution in [3.63, 3.8) is 0 Å². The van der Waals surface area contributed by atoms with E-state index in [0.29, 0.717) is 12.8 Å². The molecule has 1 N–H and O–H groups in total. The molecule has 2 fully saturated rings. The fourth-order valence-electron chi connectivity index (χ4n) is 5.53. The van der Waals surface area contributed by atoms with E-state index in [1.807, 2.05) is 42.5 Å². The summed E-state index contributed by atoms with van der Waals surface area (Å²) in [4.78, 5) is 43.4. The third kappa shape index (κ3) is 4.46. The second-order valence-electron chi connectivity index (χ2n) is 10.4. The zero-order valence-corrected chi connectivity index (χ0v) is 21.6. The first-order valence-electron chi connectivity index (χ1n) is 12.9. The number of carbonyl (C=O) groups is 3. The van der Waals surface area contributed by atoms with Crippen LogP contribution in [0.5, 0.6) is 0 Å². The standard InChI is InChI=1S/C29H37N3O3/c1-6-21-12-14-22(15-13-21)32-28(35)31(27(34)29(32)16-7-8-17-29)18-25(33)30-26-23(19(2)3)10-9-11-24(26)20(4)5/h9-15,19-20H,6-8,16-18H2,1-5H3,(H,30,33). The molecule has 1 saturated carbocycles. The summed E-state index contributed by atoms with van der Waals surface area (Å²) in [6.07, 6.45) is 3.93. The van der Waals surface area contributed by atoms with Crippen molar-refractivity contribution in [2.45, 2.75) is 84.1 Å². The van der Waals surface area contributed by atoms with Crippen LogP contribution in [0.4, 0.5) is 16.2 Å². The van der Waals surface area contributed by atoms with Gasteiger partial charge in [0, 0.05) is 11.4 Å². The van der Waals surface area contributed by atoms with Gasteiger partial charge in [-0.1, -0.05) is 77.8 Å². The summed E-state index contributed by atoms with van der Waals surface area (Å²) < 4.78 is 0. The largest absolute Gasteiger partial charge is 0.332 e. The molecule has 0 aromatic heterocycles. The molecule has 2 aromatic rings. The van der Waals surface area contributed by atoms with E-state index in [-0.39, 0.29) is 30.2 Å². The molecule has 0 bridgehead atoms. The minimum absolute atomic E-state index is 0.224. The molecule has 0 unspecified atom stereocenters. The fraction of sp³-hybridized carbons (Fsp3) is 0.483. The van der Waals surface area contributed by atoms with Gasteiger partial charge in [0.15, 0.2) is 0 Å². The molecular weight excluding hydrogens is 438 g/mol. The number of nitrogens with zero attached hydrogens (tertiary/aromatic N) is 2. The summed E-state index contributed by atoms with van der Waals surface area (Å²) in [6.45, 7) is 10.2. The zero-order valence-electron chi connectivity index (χ0n) is 21.6. The Balaban J connectivity index is 1.62. The van der Waals surface area contributed by atoms with Crippen molar-refractivity contribution in [1.29, 1.82) is 0 Å². The van der Waals surface area contributed by atoms with E-state index >= 15 is 0 Å². The number of anilines is 2. The third-order valence-electron chi connectivity index (χ3n) is 7.47. The van der Waals surface area contributed by atoms with Crippen LogP contribution in [0.15, 0.2) is 42.5 Å². The van der Waals surface area contributed by atoms with Gasteiger partial charge < -0.3 is 5.32 Å². The monoisotopic (exact) mass is 475 g/mol. The molecule has 4 rings (SSSR count). The van der Waals surface area contributed by atoms with Gasteiger partial charge in [0.2, 0.25) is 5.91 Å². The van der Waals surface area contributed by atoms with Crippen LogP contribution in [-0.2, 0) is 16.0 Å². The lowest BCUT2D eigenvalue weighted by atomic mass is 9.92. The molecule has 1 heterocycles. The van der Waals surface area contributed by atoms with Gasteiger partial charge in [-0.3, -0.25) is 19.4 Å². The number of para-hydroxylation sites is 1. The molecule has 186 valence electrons. The lowest BCUT2D eigenvalue weighted by Crippen LogP contribution is -2.47. The highest BCUT2D eigenvalue weighted by atomic mass is 16.2. The smallest absolute Gasteiger partial charge is 0.324 e. The lowest BCUT2D eigenvalue weighted by Gasteiger charge is -2.31. The molecule has 1 aliphatic carbocycles. The van der Waals surface area contributed by atoms with Crippen LogP contribution in [0.1, 0.15) is 88.8 Å². The molecule has 0 atom stereocenters. The maximum absolute atomic E-state index is 13.7. The summed E-state index contributed by atoms with van der Waals surface area (Å²) in [5, 5.41) is 3.05. The van der Waals surface area contributed by atoms with Gasteiger partial charge >= 0.3 is 6.03 Å². The van der Waals surface area contributed by atoms with Gasteiger partial charge in [0.05, 0.1) is 0 Å². The Hall–Kier alpha value is -3.15. The Bertz CT molecular complexity index is 1090. The van der Waals surface area contributed by atoms with Crippen molar-refractivity contribution >= 4 is 29.2 Å². The highest BCUT2D eigenvalue weighted by molar-refractivity contribution is 6.18. The van der Waals surface area contributed by atoms with Crippen LogP contribution >= 0.6 is 0 Å². The molecular formula is C29H37N3O3. The van der Waals surface area contributed by atoms with Crippen molar-refractivity contribution in [2.75, 3.05) is 16.8 Å². The zero-order chi connectivity index (χ0) is 25.3. The molecule has 1 saturated heterocycles. The van der Waals surface area contributed by atoms with Gasteiger partial charge in [-0.15, -0.1) is 0 Å². The first kappa shape index (κ1) is 25.0. The van der Waals surface area contributed by atoms with Crippen LogP contribution in [0, 0.1) is 0 Å². The normalized spacial score (nSPS) is 17.3. The van der Waals surface area contributed by atoms with Crippen molar-refractivity contribution in [2.24, 2.45) is 0 Å². The first-order chi connectivity index (χ1) is 16.7. The van der Waals surface area contributed by atoms with Crippen molar-refractivity contribution in [1.82, 2.24) is 4.90 Å². The number of urea groups is 1. The maximum Gasteiger partial charge on any atom is 0.332 e. The van der Waals surface area contributed by atoms with E-state index in [0.717, 1.165) is 46.7 Å². The summed E-state index contributed by atoms with van der Waals surface area (Å²) in [7, 11) is 0. The van der Waals surface area contributed by atoms with E-state index in [2.05, 4.69) is 39.9 Å². The van der Waals surface area contributed by atoms with Crippen LogP contribution in [-0.4, -0.2) is 34.8 Å². The van der Waals surface area contributed by atoms with E-state index in [4.69, 9.17) is 0 Å². The van der Waals surface area contributed by atoms with E-state index in [1.165, 1.54) is 5.56 Å². The lowest BCUT2D eigenvalue weighted by molar-refractivity contribution is -0.133. The molecule has 1 aliphatic heterocycles. The average molecular weight is 476 g/mol. The molecule has 2 aromatic carbocycles. The molecule has 6 nitrogen and oxygen atoms in total. The number of benzene rings is 2. The number of hydrogen-bond donors (Lipinski definition) is 1.